The third-order valence-electron chi connectivity index (χ3n) is 3.48. The van der Waals surface area contributed by atoms with Crippen molar-refractivity contribution >= 4 is 11.4 Å². The lowest BCUT2D eigenvalue weighted by molar-refractivity contribution is 0.309. The van der Waals surface area contributed by atoms with Gasteiger partial charge in [-0.15, -0.1) is 0 Å². The highest BCUT2D eigenvalue weighted by atomic mass is 16.5. The molecule has 0 aliphatic carbocycles. The monoisotopic (exact) mass is 314 g/mol. The van der Waals surface area contributed by atoms with Gasteiger partial charge in [-0.25, -0.2) is 0 Å². The first kappa shape index (κ1) is 17.0. The van der Waals surface area contributed by atoms with E-state index in [2.05, 4.69) is 23.6 Å². The van der Waals surface area contributed by atoms with Crippen molar-refractivity contribution in [1.82, 2.24) is 0 Å². The number of rotatable bonds is 10. The maximum atomic E-state index is 5.72. The summed E-state index contributed by atoms with van der Waals surface area (Å²) >= 11 is 0. The Morgan fingerprint density at radius 2 is 1.78 bits per heavy atom. The molecule has 4 nitrogen and oxygen atoms in total. The lowest BCUT2D eigenvalue weighted by atomic mass is 10.3. The van der Waals surface area contributed by atoms with Gasteiger partial charge in [-0.3, -0.25) is 0 Å². The number of methoxy groups -OCH3 is 1. The van der Waals surface area contributed by atoms with Gasteiger partial charge in [0.05, 0.1) is 19.4 Å². The Morgan fingerprint density at radius 1 is 0.957 bits per heavy atom. The molecule has 4 heteroatoms. The summed E-state index contributed by atoms with van der Waals surface area (Å²) in [6.45, 7) is 4.56. The highest BCUT2D eigenvalue weighted by Gasteiger charge is 2.00. The third kappa shape index (κ3) is 5.74. The van der Waals surface area contributed by atoms with Crippen molar-refractivity contribution < 1.29 is 9.47 Å². The summed E-state index contributed by atoms with van der Waals surface area (Å²) in [4.78, 5) is 0. The lowest BCUT2D eigenvalue weighted by Crippen LogP contribution is -2.14. The standard InChI is InChI=1S/C19H26N2O2/c1-3-4-14-23-17-9-7-8-16(15-17)20-12-13-21-18-10-5-6-11-19(18)22-2/h5-11,15,20-21H,3-4,12-14H2,1-2H3. The number of hydrogen-bond donors (Lipinski definition) is 2. The summed E-state index contributed by atoms with van der Waals surface area (Å²) in [5, 5.41) is 6.77. The van der Waals surface area contributed by atoms with Crippen LogP contribution in [0.4, 0.5) is 11.4 Å². The molecule has 0 radical (unpaired) electrons. The summed E-state index contributed by atoms with van der Waals surface area (Å²) in [5.74, 6) is 1.78. The smallest absolute Gasteiger partial charge is 0.141 e. The normalized spacial score (nSPS) is 10.2. The predicted molar refractivity (Wildman–Crippen MR) is 96.8 cm³/mol. The van der Waals surface area contributed by atoms with E-state index in [-0.39, 0.29) is 0 Å². The van der Waals surface area contributed by atoms with Crippen LogP contribution in [0.25, 0.3) is 0 Å². The average Bonchev–Trinajstić information content (AvgIpc) is 2.60. The highest BCUT2D eigenvalue weighted by molar-refractivity contribution is 5.56. The molecule has 2 aromatic rings. The Kier molecular flexibility index (Phi) is 7.11. The molecule has 0 aliphatic heterocycles. The van der Waals surface area contributed by atoms with Gasteiger partial charge in [0, 0.05) is 24.8 Å². The molecule has 0 spiro atoms. The molecular formula is C19H26N2O2. The van der Waals surface area contributed by atoms with E-state index in [0.29, 0.717) is 0 Å². The lowest BCUT2D eigenvalue weighted by Gasteiger charge is -2.12. The number of nitrogens with one attached hydrogen (secondary N) is 2. The Hall–Kier alpha value is -2.36. The molecule has 124 valence electrons. The number of hydrogen-bond acceptors (Lipinski definition) is 4. The Morgan fingerprint density at radius 3 is 2.61 bits per heavy atom. The molecule has 0 amide bonds. The molecule has 0 atom stereocenters. The summed E-state index contributed by atoms with van der Waals surface area (Å²) in [6.07, 6.45) is 2.23. The van der Waals surface area contributed by atoms with Crippen molar-refractivity contribution in [2.75, 3.05) is 37.4 Å². The maximum Gasteiger partial charge on any atom is 0.141 e. The van der Waals surface area contributed by atoms with Crippen molar-refractivity contribution in [1.29, 1.82) is 0 Å². The molecule has 0 bridgehead atoms. The zero-order valence-corrected chi connectivity index (χ0v) is 14.0. The van der Waals surface area contributed by atoms with Crippen LogP contribution in [-0.4, -0.2) is 26.8 Å². The summed E-state index contributed by atoms with van der Waals surface area (Å²) in [5.41, 5.74) is 2.08. The van der Waals surface area contributed by atoms with E-state index in [1.165, 1.54) is 0 Å². The Balaban J connectivity index is 1.76. The van der Waals surface area contributed by atoms with Crippen LogP contribution in [0.5, 0.6) is 11.5 Å². The molecule has 0 saturated carbocycles. The molecule has 2 aromatic carbocycles. The molecule has 2 rings (SSSR count). The molecular weight excluding hydrogens is 288 g/mol. The van der Waals surface area contributed by atoms with Gasteiger partial charge in [-0.1, -0.05) is 31.5 Å². The second-order valence-electron chi connectivity index (χ2n) is 5.28. The molecule has 23 heavy (non-hydrogen) atoms. The van der Waals surface area contributed by atoms with E-state index in [0.717, 1.165) is 55.4 Å². The minimum Gasteiger partial charge on any atom is -0.495 e. The first-order chi connectivity index (χ1) is 11.3. The van der Waals surface area contributed by atoms with E-state index < -0.39 is 0 Å². The van der Waals surface area contributed by atoms with Gasteiger partial charge in [0.15, 0.2) is 0 Å². The van der Waals surface area contributed by atoms with E-state index in [1.54, 1.807) is 7.11 Å². The summed E-state index contributed by atoms with van der Waals surface area (Å²) in [7, 11) is 1.68. The zero-order valence-electron chi connectivity index (χ0n) is 14.0. The van der Waals surface area contributed by atoms with Gasteiger partial charge in [0.25, 0.3) is 0 Å². The predicted octanol–water partition coefficient (Wildman–Crippen LogP) is 4.40. The zero-order chi connectivity index (χ0) is 16.3. The van der Waals surface area contributed by atoms with Crippen molar-refractivity contribution in [3.8, 4) is 11.5 Å². The van der Waals surface area contributed by atoms with Crippen molar-refractivity contribution in [3.63, 3.8) is 0 Å². The third-order valence-corrected chi connectivity index (χ3v) is 3.48. The number of benzene rings is 2. The Labute approximate surface area is 138 Å². The number of unbranched alkanes of at least 4 members (excludes halogenated alkanes) is 1. The number of para-hydroxylation sites is 2. The van der Waals surface area contributed by atoms with Crippen molar-refractivity contribution in [2.24, 2.45) is 0 Å². The molecule has 2 N–H and O–H groups in total. The first-order valence-electron chi connectivity index (χ1n) is 8.17. The van der Waals surface area contributed by atoms with Gasteiger partial charge < -0.3 is 20.1 Å². The minimum absolute atomic E-state index is 0.773. The first-order valence-corrected chi connectivity index (χ1v) is 8.17. The van der Waals surface area contributed by atoms with Crippen LogP contribution in [0.3, 0.4) is 0 Å². The molecule has 0 aromatic heterocycles. The largest absolute Gasteiger partial charge is 0.495 e. The van der Waals surface area contributed by atoms with Gasteiger partial charge in [-0.05, 0) is 30.7 Å². The van der Waals surface area contributed by atoms with Gasteiger partial charge in [-0.2, -0.15) is 0 Å². The van der Waals surface area contributed by atoms with E-state index in [1.807, 2.05) is 42.5 Å². The van der Waals surface area contributed by atoms with Crippen LogP contribution in [-0.2, 0) is 0 Å². The van der Waals surface area contributed by atoms with Crippen LogP contribution in [0.1, 0.15) is 19.8 Å². The fraction of sp³-hybridized carbons (Fsp3) is 0.368. The minimum atomic E-state index is 0.773. The molecule has 0 saturated heterocycles. The molecule has 0 heterocycles. The number of anilines is 2. The Bertz CT molecular complexity index is 587. The van der Waals surface area contributed by atoms with Crippen LogP contribution >= 0.6 is 0 Å². The summed E-state index contributed by atoms with van der Waals surface area (Å²) < 4.78 is 11.0. The van der Waals surface area contributed by atoms with Crippen LogP contribution in [0.15, 0.2) is 48.5 Å². The van der Waals surface area contributed by atoms with E-state index >= 15 is 0 Å². The van der Waals surface area contributed by atoms with E-state index in [4.69, 9.17) is 9.47 Å². The second kappa shape index (κ2) is 9.62. The maximum absolute atomic E-state index is 5.72. The fourth-order valence-electron chi connectivity index (χ4n) is 2.22. The topological polar surface area (TPSA) is 42.5 Å². The van der Waals surface area contributed by atoms with E-state index in [9.17, 15) is 0 Å². The molecule has 0 unspecified atom stereocenters. The average molecular weight is 314 g/mol. The number of ether oxygens (including phenoxy) is 2. The van der Waals surface area contributed by atoms with Crippen LogP contribution in [0.2, 0.25) is 0 Å². The quantitative estimate of drug-likeness (QED) is 0.638. The van der Waals surface area contributed by atoms with Crippen molar-refractivity contribution in [3.05, 3.63) is 48.5 Å². The summed E-state index contributed by atoms with van der Waals surface area (Å²) in [6, 6.07) is 16.0. The van der Waals surface area contributed by atoms with Gasteiger partial charge in [0.2, 0.25) is 0 Å². The van der Waals surface area contributed by atoms with Crippen molar-refractivity contribution in [2.45, 2.75) is 19.8 Å². The van der Waals surface area contributed by atoms with Crippen LogP contribution < -0.4 is 20.1 Å². The second-order valence-corrected chi connectivity index (χ2v) is 5.28. The SMILES string of the molecule is CCCCOc1cccc(NCCNc2ccccc2OC)c1. The molecule has 0 fully saturated rings. The van der Waals surface area contributed by atoms with Gasteiger partial charge in [0.1, 0.15) is 11.5 Å². The fourth-order valence-corrected chi connectivity index (χ4v) is 2.22. The highest BCUT2D eigenvalue weighted by Crippen LogP contribution is 2.22. The van der Waals surface area contributed by atoms with Gasteiger partial charge >= 0.3 is 0 Å². The van der Waals surface area contributed by atoms with Crippen LogP contribution in [0, 0.1) is 0 Å². The molecule has 0 aliphatic rings.